The van der Waals surface area contributed by atoms with Gasteiger partial charge in [-0.05, 0) is 82.4 Å². The smallest absolute Gasteiger partial charge is 0.119 e. The van der Waals surface area contributed by atoms with Crippen LogP contribution in [-0.2, 0) is 0 Å². The van der Waals surface area contributed by atoms with E-state index in [4.69, 9.17) is 0 Å². The number of aromatic hydroxyl groups is 1. The van der Waals surface area contributed by atoms with Crippen LogP contribution in [0.4, 0.5) is 0 Å². The molecule has 1 aliphatic carbocycles. The lowest BCUT2D eigenvalue weighted by Crippen LogP contribution is -2.57. The summed E-state index contributed by atoms with van der Waals surface area (Å²) in [6.45, 7) is 9.24. The molecule has 0 amide bonds. The Morgan fingerprint density at radius 3 is 2.13 bits per heavy atom. The predicted molar refractivity (Wildman–Crippen MR) is 97.2 cm³/mol. The number of nitrogens with one attached hydrogen (secondary N) is 1. The van der Waals surface area contributed by atoms with Gasteiger partial charge in [-0.1, -0.05) is 31.4 Å². The van der Waals surface area contributed by atoms with Crippen molar-refractivity contribution in [3.05, 3.63) is 29.3 Å². The van der Waals surface area contributed by atoms with Crippen LogP contribution in [0.2, 0.25) is 0 Å². The maximum Gasteiger partial charge on any atom is 0.119 e. The first-order chi connectivity index (χ1) is 10.8. The normalized spacial score (nSPS) is 25.4. The average molecular weight is 316 g/mol. The molecule has 2 heteroatoms. The molecule has 0 aromatic heterocycles. The van der Waals surface area contributed by atoms with E-state index in [0.717, 1.165) is 12.8 Å². The Labute approximate surface area is 141 Å². The van der Waals surface area contributed by atoms with E-state index in [9.17, 15) is 5.11 Å². The molecule has 2 fully saturated rings. The van der Waals surface area contributed by atoms with E-state index in [-0.39, 0.29) is 11.1 Å². The maximum absolute atomic E-state index is 10.4. The first-order valence-electron chi connectivity index (χ1n) is 9.38. The molecular weight excluding hydrogens is 282 g/mol. The summed E-state index contributed by atoms with van der Waals surface area (Å²) in [5, 5.41) is 14.2. The standard InChI is InChI=1S/C21H33NO/c1-20(2)13-17(14-21(3,4)22-20)16-10-11-19(23)18(12-16)15-8-6-5-7-9-15/h10-12,15,17,22-23H,5-9,13-14H2,1-4H3. The highest BCUT2D eigenvalue weighted by Gasteiger charge is 2.38. The minimum absolute atomic E-state index is 0.162. The molecule has 1 aliphatic heterocycles. The van der Waals surface area contributed by atoms with Gasteiger partial charge in [-0.15, -0.1) is 0 Å². The Balaban J connectivity index is 1.87. The molecule has 1 aromatic carbocycles. The van der Waals surface area contributed by atoms with Crippen LogP contribution in [0.1, 0.15) is 95.6 Å². The minimum atomic E-state index is 0.162. The number of hydrogen-bond acceptors (Lipinski definition) is 2. The minimum Gasteiger partial charge on any atom is -0.508 e. The van der Waals surface area contributed by atoms with Crippen LogP contribution in [0.25, 0.3) is 0 Å². The molecule has 0 atom stereocenters. The van der Waals surface area contributed by atoms with Gasteiger partial charge in [-0.3, -0.25) is 0 Å². The van der Waals surface area contributed by atoms with Gasteiger partial charge in [0.2, 0.25) is 0 Å². The lowest BCUT2D eigenvalue weighted by molar-refractivity contribution is 0.161. The van der Waals surface area contributed by atoms with E-state index >= 15 is 0 Å². The number of benzene rings is 1. The number of phenols is 1. The molecule has 2 aliphatic rings. The van der Waals surface area contributed by atoms with Gasteiger partial charge >= 0.3 is 0 Å². The number of rotatable bonds is 2. The van der Waals surface area contributed by atoms with Gasteiger partial charge in [0.25, 0.3) is 0 Å². The third kappa shape index (κ3) is 3.91. The maximum atomic E-state index is 10.4. The fourth-order valence-corrected chi connectivity index (χ4v) is 5.13. The summed E-state index contributed by atoms with van der Waals surface area (Å²) in [6, 6.07) is 6.43. The molecule has 1 saturated heterocycles. The molecule has 0 spiro atoms. The highest BCUT2D eigenvalue weighted by atomic mass is 16.3. The molecule has 1 heterocycles. The monoisotopic (exact) mass is 315 g/mol. The van der Waals surface area contributed by atoms with Crippen molar-refractivity contribution in [3.8, 4) is 5.75 Å². The van der Waals surface area contributed by atoms with Crippen molar-refractivity contribution >= 4 is 0 Å². The Hall–Kier alpha value is -1.02. The largest absolute Gasteiger partial charge is 0.508 e. The molecule has 2 N–H and O–H groups in total. The van der Waals surface area contributed by atoms with Gasteiger partial charge in [0.05, 0.1) is 0 Å². The molecule has 128 valence electrons. The van der Waals surface area contributed by atoms with E-state index in [2.05, 4.69) is 45.1 Å². The number of hydrogen-bond donors (Lipinski definition) is 2. The van der Waals surface area contributed by atoms with Crippen LogP contribution in [0.3, 0.4) is 0 Å². The van der Waals surface area contributed by atoms with Crippen molar-refractivity contribution < 1.29 is 5.11 Å². The van der Waals surface area contributed by atoms with Crippen molar-refractivity contribution in [1.29, 1.82) is 0 Å². The second-order valence-electron chi connectivity index (χ2n) is 9.15. The van der Waals surface area contributed by atoms with Crippen LogP contribution in [0.15, 0.2) is 18.2 Å². The highest BCUT2D eigenvalue weighted by molar-refractivity contribution is 5.40. The van der Waals surface area contributed by atoms with E-state index < -0.39 is 0 Å². The SMILES string of the molecule is CC1(C)CC(c2ccc(O)c(C3CCCCC3)c2)CC(C)(C)N1. The van der Waals surface area contributed by atoms with Crippen LogP contribution < -0.4 is 5.32 Å². The van der Waals surface area contributed by atoms with Crippen molar-refractivity contribution in [2.24, 2.45) is 0 Å². The zero-order valence-corrected chi connectivity index (χ0v) is 15.3. The van der Waals surface area contributed by atoms with Crippen molar-refractivity contribution in [3.63, 3.8) is 0 Å². The number of phenolic OH excluding ortho intramolecular Hbond substituents is 1. The summed E-state index contributed by atoms with van der Waals surface area (Å²) in [5.74, 6) is 1.64. The quantitative estimate of drug-likeness (QED) is 0.759. The van der Waals surface area contributed by atoms with Crippen molar-refractivity contribution in [2.75, 3.05) is 0 Å². The molecule has 3 rings (SSSR count). The zero-order valence-electron chi connectivity index (χ0n) is 15.3. The van der Waals surface area contributed by atoms with Gasteiger partial charge in [0.15, 0.2) is 0 Å². The van der Waals surface area contributed by atoms with Gasteiger partial charge in [0, 0.05) is 11.1 Å². The average Bonchev–Trinajstić information content (AvgIpc) is 2.45. The third-order valence-electron chi connectivity index (χ3n) is 5.76. The van der Waals surface area contributed by atoms with E-state index in [0.29, 0.717) is 17.6 Å². The molecule has 2 nitrogen and oxygen atoms in total. The molecule has 1 saturated carbocycles. The summed E-state index contributed by atoms with van der Waals surface area (Å²) >= 11 is 0. The predicted octanol–water partition coefficient (Wildman–Crippen LogP) is 5.46. The number of piperidine rings is 1. The second kappa shape index (κ2) is 6.12. The first-order valence-corrected chi connectivity index (χ1v) is 9.38. The third-order valence-corrected chi connectivity index (χ3v) is 5.76. The van der Waals surface area contributed by atoms with Gasteiger partial charge < -0.3 is 10.4 Å². The Kier molecular flexibility index (Phi) is 4.48. The van der Waals surface area contributed by atoms with Gasteiger partial charge in [-0.2, -0.15) is 0 Å². The summed E-state index contributed by atoms with van der Waals surface area (Å²) in [6.07, 6.45) is 8.76. The summed E-state index contributed by atoms with van der Waals surface area (Å²) in [5.41, 5.74) is 2.95. The molecule has 0 radical (unpaired) electrons. The highest BCUT2D eigenvalue weighted by Crippen LogP contribution is 2.43. The van der Waals surface area contributed by atoms with E-state index in [1.54, 1.807) is 0 Å². The van der Waals surface area contributed by atoms with Crippen LogP contribution >= 0.6 is 0 Å². The second-order valence-corrected chi connectivity index (χ2v) is 9.15. The van der Waals surface area contributed by atoms with Crippen LogP contribution in [-0.4, -0.2) is 16.2 Å². The molecule has 23 heavy (non-hydrogen) atoms. The van der Waals surface area contributed by atoms with Crippen molar-refractivity contribution in [1.82, 2.24) is 5.32 Å². The fourth-order valence-electron chi connectivity index (χ4n) is 5.13. The molecular formula is C21H33NO. The Morgan fingerprint density at radius 1 is 0.913 bits per heavy atom. The Bertz CT molecular complexity index is 539. The summed E-state index contributed by atoms with van der Waals surface area (Å²) < 4.78 is 0. The van der Waals surface area contributed by atoms with Crippen molar-refractivity contribution in [2.45, 2.75) is 95.6 Å². The van der Waals surface area contributed by atoms with E-state index in [1.165, 1.54) is 43.2 Å². The first kappa shape index (κ1) is 16.8. The molecule has 0 bridgehead atoms. The van der Waals surface area contributed by atoms with Crippen LogP contribution in [0.5, 0.6) is 5.75 Å². The summed E-state index contributed by atoms with van der Waals surface area (Å²) in [4.78, 5) is 0. The van der Waals surface area contributed by atoms with Crippen LogP contribution in [0, 0.1) is 0 Å². The lowest BCUT2D eigenvalue weighted by atomic mass is 9.72. The molecule has 1 aromatic rings. The fraction of sp³-hybridized carbons (Fsp3) is 0.714. The lowest BCUT2D eigenvalue weighted by Gasteiger charge is -2.47. The van der Waals surface area contributed by atoms with Gasteiger partial charge in [0.1, 0.15) is 5.75 Å². The molecule has 0 unspecified atom stereocenters. The van der Waals surface area contributed by atoms with Gasteiger partial charge in [-0.25, -0.2) is 0 Å². The summed E-state index contributed by atoms with van der Waals surface area (Å²) in [7, 11) is 0. The zero-order chi connectivity index (χ0) is 16.7. The topological polar surface area (TPSA) is 32.3 Å². The van der Waals surface area contributed by atoms with E-state index in [1.807, 2.05) is 6.07 Å². The Morgan fingerprint density at radius 2 is 1.52 bits per heavy atom.